The van der Waals surface area contributed by atoms with E-state index in [4.69, 9.17) is 9.47 Å². The minimum Gasteiger partial charge on any atom is -0.483 e. The number of thiazole rings is 1. The van der Waals surface area contributed by atoms with Crippen molar-refractivity contribution in [2.45, 2.75) is 20.8 Å². The average Bonchev–Trinajstić information content (AvgIpc) is 2.92. The Morgan fingerprint density at radius 1 is 1.28 bits per heavy atom. The van der Waals surface area contributed by atoms with E-state index in [1.165, 1.54) is 6.08 Å². The molecule has 1 amide bonds. The van der Waals surface area contributed by atoms with Gasteiger partial charge in [-0.15, -0.1) is 0 Å². The molecule has 0 aliphatic carbocycles. The van der Waals surface area contributed by atoms with E-state index in [9.17, 15) is 9.59 Å². The molecular formula is C18H20N2O4S. The third-order valence-electron chi connectivity index (χ3n) is 3.32. The van der Waals surface area contributed by atoms with Gasteiger partial charge in [-0.2, -0.15) is 0 Å². The van der Waals surface area contributed by atoms with E-state index >= 15 is 0 Å². The monoisotopic (exact) mass is 360 g/mol. The first-order valence-corrected chi connectivity index (χ1v) is 8.48. The second-order valence-corrected chi connectivity index (χ2v) is 6.38. The number of para-hydroxylation sites is 1. The first-order chi connectivity index (χ1) is 11.9. The lowest BCUT2D eigenvalue weighted by Crippen LogP contribution is -2.20. The third kappa shape index (κ3) is 4.90. The van der Waals surface area contributed by atoms with E-state index in [2.05, 4.69) is 16.9 Å². The molecule has 0 unspecified atom stereocenters. The molecule has 0 saturated carbocycles. The maximum absolute atomic E-state index is 12.1. The van der Waals surface area contributed by atoms with Gasteiger partial charge < -0.3 is 9.47 Å². The maximum Gasteiger partial charge on any atom is 0.350 e. The van der Waals surface area contributed by atoms with Crippen LogP contribution in [0, 0.1) is 20.8 Å². The van der Waals surface area contributed by atoms with E-state index in [0.717, 1.165) is 22.5 Å². The Hall–Kier alpha value is -2.67. The van der Waals surface area contributed by atoms with Crippen molar-refractivity contribution < 1.29 is 19.1 Å². The number of carbonyl (C=O) groups is 2. The predicted molar refractivity (Wildman–Crippen MR) is 97.4 cm³/mol. The predicted octanol–water partition coefficient (Wildman–Crippen LogP) is 3.43. The molecule has 0 radical (unpaired) electrons. The van der Waals surface area contributed by atoms with Gasteiger partial charge in [0.05, 0.1) is 5.69 Å². The van der Waals surface area contributed by atoms with Crippen molar-refractivity contribution in [1.29, 1.82) is 0 Å². The van der Waals surface area contributed by atoms with Crippen LogP contribution in [0.1, 0.15) is 26.5 Å². The van der Waals surface area contributed by atoms with Gasteiger partial charge in [0, 0.05) is 0 Å². The molecule has 1 N–H and O–H groups in total. The highest BCUT2D eigenvalue weighted by atomic mass is 32.1. The molecule has 25 heavy (non-hydrogen) atoms. The molecule has 0 aliphatic heterocycles. The van der Waals surface area contributed by atoms with E-state index in [-0.39, 0.29) is 19.1 Å². The molecule has 0 spiro atoms. The lowest BCUT2D eigenvalue weighted by atomic mass is 10.1. The smallest absolute Gasteiger partial charge is 0.350 e. The fraction of sp³-hybridized carbons (Fsp3) is 0.278. The highest BCUT2D eigenvalue weighted by Crippen LogP contribution is 2.24. The van der Waals surface area contributed by atoms with Gasteiger partial charge in [0.25, 0.3) is 5.91 Å². The number of esters is 1. The van der Waals surface area contributed by atoms with Crippen LogP contribution in [0.15, 0.2) is 30.9 Å². The van der Waals surface area contributed by atoms with Crippen LogP contribution in [-0.4, -0.2) is 30.1 Å². The zero-order chi connectivity index (χ0) is 18.4. The van der Waals surface area contributed by atoms with Gasteiger partial charge in [-0.05, 0) is 31.9 Å². The molecule has 6 nitrogen and oxygen atoms in total. The Bertz CT molecular complexity index is 778. The Morgan fingerprint density at radius 3 is 2.60 bits per heavy atom. The van der Waals surface area contributed by atoms with Crippen molar-refractivity contribution in [2.75, 3.05) is 18.5 Å². The van der Waals surface area contributed by atoms with E-state index in [1.54, 1.807) is 6.92 Å². The molecule has 2 rings (SSSR count). The van der Waals surface area contributed by atoms with Gasteiger partial charge in [0.15, 0.2) is 11.7 Å². The fourth-order valence-electron chi connectivity index (χ4n) is 2.16. The Balaban J connectivity index is 1.97. The molecule has 1 heterocycles. The molecule has 0 bridgehead atoms. The Kier molecular flexibility index (Phi) is 6.30. The van der Waals surface area contributed by atoms with Crippen LogP contribution in [0.2, 0.25) is 0 Å². The topological polar surface area (TPSA) is 77.5 Å². The van der Waals surface area contributed by atoms with Gasteiger partial charge in [-0.25, -0.2) is 9.78 Å². The fourth-order valence-corrected chi connectivity index (χ4v) is 3.04. The molecule has 132 valence electrons. The van der Waals surface area contributed by atoms with Crippen molar-refractivity contribution in [2.24, 2.45) is 0 Å². The molecule has 1 aromatic heterocycles. The lowest BCUT2D eigenvalue weighted by Gasteiger charge is -2.11. The lowest BCUT2D eigenvalue weighted by molar-refractivity contribution is -0.118. The SMILES string of the molecule is C=CCOC(=O)c1sc(NC(=O)COc2c(C)cccc2C)nc1C. The summed E-state index contributed by atoms with van der Waals surface area (Å²) in [5, 5.41) is 2.97. The minimum atomic E-state index is -0.484. The summed E-state index contributed by atoms with van der Waals surface area (Å²) in [5.74, 6) is -0.133. The number of aromatic nitrogens is 1. The van der Waals surface area contributed by atoms with E-state index in [1.807, 2.05) is 32.0 Å². The minimum absolute atomic E-state index is 0.126. The Morgan fingerprint density at radius 2 is 1.96 bits per heavy atom. The number of carbonyl (C=O) groups excluding carboxylic acids is 2. The maximum atomic E-state index is 12.1. The summed E-state index contributed by atoms with van der Waals surface area (Å²) in [5.41, 5.74) is 2.43. The molecule has 0 atom stereocenters. The van der Waals surface area contributed by atoms with Gasteiger partial charge in [-0.3, -0.25) is 10.1 Å². The quantitative estimate of drug-likeness (QED) is 0.605. The van der Waals surface area contributed by atoms with Crippen molar-refractivity contribution >= 4 is 28.3 Å². The molecule has 0 fully saturated rings. The number of rotatable bonds is 7. The summed E-state index contributed by atoms with van der Waals surface area (Å²) in [4.78, 5) is 28.5. The second kappa shape index (κ2) is 8.43. The standard InChI is InChI=1S/C18H20N2O4S/c1-5-9-23-17(22)16-13(4)19-18(25-16)20-14(21)10-24-15-11(2)7-6-8-12(15)3/h5-8H,1,9-10H2,2-4H3,(H,19,20,21). The normalized spacial score (nSPS) is 10.2. The van der Waals surface area contributed by atoms with E-state index < -0.39 is 5.97 Å². The number of nitrogens with one attached hydrogen (secondary N) is 1. The van der Waals surface area contributed by atoms with Crippen LogP contribution in [0.3, 0.4) is 0 Å². The van der Waals surface area contributed by atoms with Gasteiger partial charge in [0.1, 0.15) is 17.2 Å². The average molecular weight is 360 g/mol. The largest absolute Gasteiger partial charge is 0.483 e. The van der Waals surface area contributed by atoms with Crippen molar-refractivity contribution in [3.8, 4) is 5.75 Å². The van der Waals surface area contributed by atoms with Crippen molar-refractivity contribution in [3.05, 3.63) is 52.6 Å². The van der Waals surface area contributed by atoms with Gasteiger partial charge >= 0.3 is 5.97 Å². The zero-order valence-electron chi connectivity index (χ0n) is 14.4. The zero-order valence-corrected chi connectivity index (χ0v) is 15.2. The number of ether oxygens (including phenoxy) is 2. The molecular weight excluding hydrogens is 340 g/mol. The first kappa shape index (κ1) is 18.7. The number of amides is 1. The van der Waals surface area contributed by atoms with Crippen molar-refractivity contribution in [1.82, 2.24) is 4.98 Å². The van der Waals surface area contributed by atoms with Gasteiger partial charge in [0.2, 0.25) is 0 Å². The molecule has 1 aromatic carbocycles. The highest BCUT2D eigenvalue weighted by molar-refractivity contribution is 7.17. The molecule has 0 saturated heterocycles. The molecule has 0 aliphatic rings. The first-order valence-electron chi connectivity index (χ1n) is 7.66. The summed E-state index contributed by atoms with van der Waals surface area (Å²) in [6.07, 6.45) is 1.49. The Labute approximate surface area is 150 Å². The number of anilines is 1. The third-order valence-corrected chi connectivity index (χ3v) is 4.37. The summed E-state index contributed by atoms with van der Waals surface area (Å²) in [6.45, 7) is 9.01. The number of benzene rings is 1. The molecule has 7 heteroatoms. The summed E-state index contributed by atoms with van der Waals surface area (Å²) >= 11 is 1.07. The van der Waals surface area contributed by atoms with Crippen LogP contribution in [0.5, 0.6) is 5.75 Å². The number of nitrogens with zero attached hydrogens (tertiary/aromatic N) is 1. The van der Waals surface area contributed by atoms with Crippen LogP contribution >= 0.6 is 11.3 Å². The van der Waals surface area contributed by atoms with Crippen LogP contribution < -0.4 is 10.1 Å². The number of hydrogen-bond donors (Lipinski definition) is 1. The van der Waals surface area contributed by atoms with E-state index in [0.29, 0.717) is 21.5 Å². The number of hydrogen-bond acceptors (Lipinski definition) is 6. The van der Waals surface area contributed by atoms with Crippen LogP contribution in [0.4, 0.5) is 5.13 Å². The van der Waals surface area contributed by atoms with Gasteiger partial charge in [-0.1, -0.05) is 42.2 Å². The second-order valence-electron chi connectivity index (χ2n) is 5.38. The summed E-state index contributed by atoms with van der Waals surface area (Å²) in [6, 6.07) is 5.78. The summed E-state index contributed by atoms with van der Waals surface area (Å²) in [7, 11) is 0. The van der Waals surface area contributed by atoms with Crippen LogP contribution in [0.25, 0.3) is 0 Å². The highest BCUT2D eigenvalue weighted by Gasteiger charge is 2.18. The molecule has 2 aromatic rings. The van der Waals surface area contributed by atoms with Crippen LogP contribution in [-0.2, 0) is 9.53 Å². The summed E-state index contributed by atoms with van der Waals surface area (Å²) < 4.78 is 10.6. The number of aryl methyl sites for hydroxylation is 3. The van der Waals surface area contributed by atoms with Crippen molar-refractivity contribution in [3.63, 3.8) is 0 Å².